The Balaban J connectivity index is 1.45. The lowest BCUT2D eigenvalue weighted by Gasteiger charge is -2.36. The van der Waals surface area contributed by atoms with Crippen LogP contribution in [0.15, 0.2) is 97.6 Å². The number of carbonyl (C=O) groups excluding carboxylic acids is 1. The fourth-order valence-electron chi connectivity index (χ4n) is 5.29. The number of benzene rings is 2. The Morgan fingerprint density at radius 3 is 2.49 bits per heavy atom. The number of urea groups is 1. The number of primary amides is 1. The molecule has 8 heteroatoms. The Hall–Kier alpha value is -4.72. The van der Waals surface area contributed by atoms with E-state index in [4.69, 9.17) is 15.5 Å². The number of carbonyl (C=O) groups is 1. The van der Waals surface area contributed by atoms with Crippen LogP contribution in [-0.2, 0) is 12.0 Å². The van der Waals surface area contributed by atoms with Crippen LogP contribution in [0.1, 0.15) is 24.2 Å². The van der Waals surface area contributed by atoms with Crippen molar-refractivity contribution in [2.45, 2.75) is 24.8 Å². The van der Waals surface area contributed by atoms with E-state index in [0.717, 1.165) is 35.5 Å². The van der Waals surface area contributed by atoms with Crippen molar-refractivity contribution in [3.63, 3.8) is 0 Å². The van der Waals surface area contributed by atoms with Crippen LogP contribution >= 0.6 is 0 Å². The molecule has 0 spiro atoms. The largest absolute Gasteiger partial charge is 0.456 e. The highest BCUT2D eigenvalue weighted by molar-refractivity contribution is 5.77. The van der Waals surface area contributed by atoms with Gasteiger partial charge in [-0.1, -0.05) is 48.5 Å². The van der Waals surface area contributed by atoms with Gasteiger partial charge in [0.15, 0.2) is 0 Å². The summed E-state index contributed by atoms with van der Waals surface area (Å²) in [6.45, 7) is 0.585. The van der Waals surface area contributed by atoms with Crippen LogP contribution in [0, 0.1) is 0 Å². The number of para-hydroxylation sites is 1. The van der Waals surface area contributed by atoms with Gasteiger partial charge in [-0.2, -0.15) is 0 Å². The Kier molecular flexibility index (Phi) is 5.76. The number of likely N-dealkylation sites (tertiary alicyclic amines) is 1. The van der Waals surface area contributed by atoms with E-state index in [2.05, 4.69) is 22.1 Å². The summed E-state index contributed by atoms with van der Waals surface area (Å²) in [7, 11) is 0. The monoisotopic (exact) mass is 490 g/mol. The first-order valence-corrected chi connectivity index (χ1v) is 12.3. The van der Waals surface area contributed by atoms with E-state index in [0.29, 0.717) is 30.1 Å². The number of pyridine rings is 1. The third-order valence-corrected chi connectivity index (χ3v) is 6.91. The molecule has 0 aliphatic carbocycles. The number of nitrogens with two attached hydrogens (primary N) is 1. The molecule has 1 aliphatic heterocycles. The molecule has 37 heavy (non-hydrogen) atoms. The van der Waals surface area contributed by atoms with Gasteiger partial charge in [-0.15, -0.1) is 0 Å². The summed E-state index contributed by atoms with van der Waals surface area (Å²) in [5.41, 5.74) is 8.54. The zero-order valence-electron chi connectivity index (χ0n) is 20.2. The number of fused-ring (bicyclic) bond motifs is 1. The lowest BCUT2D eigenvalue weighted by molar-refractivity contribution is 0.145. The zero-order chi connectivity index (χ0) is 25.2. The van der Waals surface area contributed by atoms with Gasteiger partial charge in [-0.05, 0) is 42.7 Å². The molecule has 0 radical (unpaired) electrons. The van der Waals surface area contributed by atoms with Gasteiger partial charge < -0.3 is 15.4 Å². The van der Waals surface area contributed by atoms with Crippen molar-refractivity contribution in [3.8, 4) is 22.9 Å². The van der Waals surface area contributed by atoms with E-state index in [1.54, 1.807) is 23.5 Å². The summed E-state index contributed by atoms with van der Waals surface area (Å²) in [6, 6.07) is 23.1. The summed E-state index contributed by atoms with van der Waals surface area (Å²) < 4.78 is 7.92. The third-order valence-electron chi connectivity index (χ3n) is 6.91. The Morgan fingerprint density at radius 1 is 0.973 bits per heavy atom. The number of rotatable bonds is 6. The number of nitrogens with zero attached hydrogens (tertiary/aromatic N) is 5. The van der Waals surface area contributed by atoms with Gasteiger partial charge in [0, 0.05) is 25.4 Å². The van der Waals surface area contributed by atoms with E-state index >= 15 is 0 Å². The second-order valence-electron chi connectivity index (χ2n) is 9.20. The van der Waals surface area contributed by atoms with Crippen molar-refractivity contribution < 1.29 is 9.53 Å². The van der Waals surface area contributed by atoms with Gasteiger partial charge in [0.25, 0.3) is 0 Å². The summed E-state index contributed by atoms with van der Waals surface area (Å²) in [4.78, 5) is 28.6. The van der Waals surface area contributed by atoms with E-state index in [9.17, 15) is 4.79 Å². The van der Waals surface area contributed by atoms with Crippen LogP contribution < -0.4 is 10.5 Å². The van der Waals surface area contributed by atoms with Gasteiger partial charge in [-0.3, -0.25) is 14.4 Å². The summed E-state index contributed by atoms with van der Waals surface area (Å²) >= 11 is 0. The van der Waals surface area contributed by atoms with Crippen molar-refractivity contribution in [1.82, 2.24) is 24.3 Å². The number of ether oxygens (including phenoxy) is 1. The second kappa shape index (κ2) is 9.39. The van der Waals surface area contributed by atoms with Gasteiger partial charge >= 0.3 is 6.03 Å². The highest BCUT2D eigenvalue weighted by Gasteiger charge is 2.48. The van der Waals surface area contributed by atoms with E-state index in [1.807, 2.05) is 71.3 Å². The van der Waals surface area contributed by atoms with Gasteiger partial charge in [-0.25, -0.2) is 9.78 Å². The smallest absolute Gasteiger partial charge is 0.315 e. The first-order valence-electron chi connectivity index (χ1n) is 12.3. The van der Waals surface area contributed by atoms with E-state index in [-0.39, 0.29) is 0 Å². The fourth-order valence-corrected chi connectivity index (χ4v) is 5.29. The molecule has 0 bridgehead atoms. The molecule has 6 rings (SSSR count). The van der Waals surface area contributed by atoms with Crippen LogP contribution in [0.5, 0.6) is 11.5 Å². The van der Waals surface area contributed by atoms with Crippen LogP contribution in [-0.4, -0.2) is 36.8 Å². The van der Waals surface area contributed by atoms with E-state index < -0.39 is 11.6 Å². The number of hydrogen-bond donors (Lipinski definition) is 1. The molecule has 1 saturated heterocycles. The predicted octanol–water partition coefficient (Wildman–Crippen LogP) is 5.20. The number of imidazole rings is 1. The van der Waals surface area contributed by atoms with Crippen molar-refractivity contribution in [2.24, 2.45) is 5.73 Å². The zero-order valence-corrected chi connectivity index (χ0v) is 20.2. The number of hydrogen-bond acceptors (Lipinski definition) is 5. The van der Waals surface area contributed by atoms with Gasteiger partial charge in [0.2, 0.25) is 0 Å². The molecule has 4 heterocycles. The Labute approximate surface area is 214 Å². The van der Waals surface area contributed by atoms with Crippen molar-refractivity contribution >= 4 is 11.5 Å². The molecule has 2 N–H and O–H groups in total. The maximum absolute atomic E-state index is 12.7. The van der Waals surface area contributed by atoms with Crippen LogP contribution in [0.3, 0.4) is 0 Å². The lowest BCUT2D eigenvalue weighted by atomic mass is 9.87. The topological polar surface area (TPSA) is 98.6 Å². The van der Waals surface area contributed by atoms with Crippen LogP contribution in [0.4, 0.5) is 4.79 Å². The minimum atomic E-state index is -0.688. The second-order valence-corrected chi connectivity index (χ2v) is 9.20. The molecule has 1 aliphatic rings. The molecule has 0 saturated carbocycles. The highest BCUT2D eigenvalue weighted by Crippen LogP contribution is 2.42. The van der Waals surface area contributed by atoms with Crippen molar-refractivity contribution in [3.05, 3.63) is 109 Å². The molecule has 3 aromatic heterocycles. The summed E-state index contributed by atoms with van der Waals surface area (Å²) in [6.07, 6.45) is 9.29. The SMILES string of the molecule is NC(=O)N1CCC[C@]1(Cc1ccccc1)c1nc(-c2ccc(Oc3ccccc3)cn2)c2cnccn12. The maximum Gasteiger partial charge on any atom is 0.315 e. The predicted molar refractivity (Wildman–Crippen MR) is 140 cm³/mol. The summed E-state index contributed by atoms with van der Waals surface area (Å²) in [5, 5.41) is 0. The number of aromatic nitrogens is 4. The molecular weight excluding hydrogens is 464 g/mol. The molecule has 5 aromatic rings. The van der Waals surface area contributed by atoms with Crippen molar-refractivity contribution in [2.75, 3.05) is 6.54 Å². The quantitative estimate of drug-likeness (QED) is 0.353. The average Bonchev–Trinajstić information content (AvgIpc) is 3.53. The normalized spacial score (nSPS) is 17.2. The fraction of sp³-hybridized carbons (Fsp3) is 0.172. The molecule has 2 aromatic carbocycles. The molecule has 2 amide bonds. The average molecular weight is 491 g/mol. The standard InChI is InChI=1S/C29H26N6O2/c30-28(36)35-16-7-14-29(35,18-21-8-3-1-4-9-21)27-33-26(25-20-31-15-17-34(25)27)24-13-12-23(19-32-24)37-22-10-5-2-6-11-22/h1-6,8-13,15,17,19-20H,7,14,16,18H2,(H2,30,36)/t29-/m0/s1. The molecule has 1 atom stereocenters. The minimum Gasteiger partial charge on any atom is -0.456 e. The first kappa shape index (κ1) is 22.7. The number of amides is 2. The third kappa shape index (κ3) is 4.16. The Bertz CT molecular complexity index is 1540. The lowest BCUT2D eigenvalue weighted by Crippen LogP contribution is -2.50. The van der Waals surface area contributed by atoms with Crippen molar-refractivity contribution in [1.29, 1.82) is 0 Å². The molecular formula is C29H26N6O2. The minimum absolute atomic E-state index is 0.443. The molecule has 0 unspecified atom stereocenters. The highest BCUT2D eigenvalue weighted by atomic mass is 16.5. The van der Waals surface area contributed by atoms with Crippen LogP contribution in [0.25, 0.3) is 16.9 Å². The first-order chi connectivity index (χ1) is 18.1. The van der Waals surface area contributed by atoms with Gasteiger partial charge in [0.05, 0.1) is 23.6 Å². The summed E-state index contributed by atoms with van der Waals surface area (Å²) in [5.74, 6) is 2.13. The van der Waals surface area contributed by atoms with Crippen LogP contribution in [0.2, 0.25) is 0 Å². The maximum atomic E-state index is 12.7. The molecule has 1 fully saturated rings. The van der Waals surface area contributed by atoms with E-state index in [1.165, 1.54) is 0 Å². The molecule has 8 nitrogen and oxygen atoms in total. The van der Waals surface area contributed by atoms with Gasteiger partial charge in [0.1, 0.15) is 28.6 Å². The molecule has 184 valence electrons. The Morgan fingerprint density at radius 2 is 1.76 bits per heavy atom.